The van der Waals surface area contributed by atoms with Crippen molar-refractivity contribution in [3.8, 4) is 0 Å². The molecule has 0 aromatic carbocycles. The van der Waals surface area contributed by atoms with Crippen LogP contribution < -0.4 is 4.90 Å². The van der Waals surface area contributed by atoms with E-state index in [0.717, 1.165) is 70.8 Å². The van der Waals surface area contributed by atoms with E-state index in [1.807, 2.05) is 6.07 Å². The standard InChI is InChI=1S/C21H29N5O2/c27-19-17-15-4-5-16(14-15)18(17)20(28)26(19)9-2-1-8-24-10-12-25(13-11-24)21-22-6-3-7-23-21/h3,6-7,15-18H,1-2,4-5,8-14H2/t15-,16-,17?,18?/m0/s1. The molecule has 4 aliphatic rings. The van der Waals surface area contributed by atoms with Crippen molar-refractivity contribution in [1.82, 2.24) is 19.8 Å². The van der Waals surface area contributed by atoms with Gasteiger partial charge in [-0.1, -0.05) is 0 Å². The quantitative estimate of drug-likeness (QED) is 0.546. The van der Waals surface area contributed by atoms with Gasteiger partial charge in [-0.05, 0) is 56.6 Å². The number of fused-ring (bicyclic) bond motifs is 5. The van der Waals surface area contributed by atoms with Gasteiger partial charge in [-0.15, -0.1) is 0 Å². The van der Waals surface area contributed by atoms with Gasteiger partial charge in [0.05, 0.1) is 11.8 Å². The number of amides is 2. The van der Waals surface area contributed by atoms with Gasteiger partial charge in [-0.3, -0.25) is 19.4 Å². The number of nitrogens with zero attached hydrogens (tertiary/aromatic N) is 5. The van der Waals surface area contributed by atoms with Crippen LogP contribution in [0.2, 0.25) is 0 Å². The second kappa shape index (κ2) is 7.43. The summed E-state index contributed by atoms with van der Waals surface area (Å²) in [5.74, 6) is 2.12. The second-order valence-electron chi connectivity index (χ2n) is 8.80. The molecular formula is C21H29N5O2. The first-order valence-electron chi connectivity index (χ1n) is 10.8. The van der Waals surface area contributed by atoms with Crippen molar-refractivity contribution in [2.75, 3.05) is 44.2 Å². The third kappa shape index (κ3) is 3.09. The van der Waals surface area contributed by atoms with Gasteiger partial charge in [0.25, 0.3) is 0 Å². The van der Waals surface area contributed by atoms with Crippen LogP contribution >= 0.6 is 0 Å². The highest BCUT2D eigenvalue weighted by atomic mass is 16.2. The molecule has 4 atom stereocenters. The number of hydrogen-bond acceptors (Lipinski definition) is 6. The van der Waals surface area contributed by atoms with Crippen molar-refractivity contribution >= 4 is 17.8 Å². The van der Waals surface area contributed by atoms with E-state index in [0.29, 0.717) is 18.4 Å². The van der Waals surface area contributed by atoms with Gasteiger partial charge in [-0.25, -0.2) is 9.97 Å². The van der Waals surface area contributed by atoms with Crippen molar-refractivity contribution in [3.05, 3.63) is 18.5 Å². The zero-order valence-electron chi connectivity index (χ0n) is 16.4. The molecule has 28 heavy (non-hydrogen) atoms. The number of rotatable bonds is 6. The Morgan fingerprint density at radius 1 is 0.857 bits per heavy atom. The number of hydrogen-bond donors (Lipinski definition) is 0. The zero-order valence-corrected chi connectivity index (χ0v) is 16.4. The van der Waals surface area contributed by atoms with E-state index in [-0.39, 0.29) is 23.7 Å². The van der Waals surface area contributed by atoms with Crippen molar-refractivity contribution in [3.63, 3.8) is 0 Å². The van der Waals surface area contributed by atoms with Crippen molar-refractivity contribution in [2.45, 2.75) is 32.1 Å². The van der Waals surface area contributed by atoms with E-state index in [1.165, 1.54) is 0 Å². The Morgan fingerprint density at radius 2 is 1.46 bits per heavy atom. The Hall–Kier alpha value is -2.02. The van der Waals surface area contributed by atoms with Gasteiger partial charge in [0, 0.05) is 45.1 Å². The summed E-state index contributed by atoms with van der Waals surface area (Å²) in [5.41, 5.74) is 0. The number of unbranched alkanes of at least 4 members (excludes halogenated alkanes) is 1. The molecule has 150 valence electrons. The summed E-state index contributed by atoms with van der Waals surface area (Å²) < 4.78 is 0. The average Bonchev–Trinajstić information content (AvgIpc) is 3.41. The number of anilines is 1. The van der Waals surface area contributed by atoms with Crippen LogP contribution in [0.5, 0.6) is 0 Å². The normalized spacial score (nSPS) is 32.4. The van der Waals surface area contributed by atoms with Gasteiger partial charge in [0.1, 0.15) is 0 Å². The third-order valence-electron chi connectivity index (χ3n) is 7.33. The van der Waals surface area contributed by atoms with Gasteiger partial charge in [0.15, 0.2) is 0 Å². The zero-order chi connectivity index (χ0) is 19.1. The summed E-state index contributed by atoms with van der Waals surface area (Å²) in [4.78, 5) is 40.4. The summed E-state index contributed by atoms with van der Waals surface area (Å²) in [6.45, 7) is 5.54. The number of piperazine rings is 1. The molecule has 7 nitrogen and oxygen atoms in total. The highest BCUT2D eigenvalue weighted by Crippen LogP contribution is 2.56. The van der Waals surface area contributed by atoms with Gasteiger partial charge in [-0.2, -0.15) is 0 Å². The van der Waals surface area contributed by atoms with Crippen LogP contribution in [-0.2, 0) is 9.59 Å². The molecule has 4 fully saturated rings. The van der Waals surface area contributed by atoms with E-state index in [1.54, 1.807) is 17.3 Å². The predicted molar refractivity (Wildman–Crippen MR) is 104 cm³/mol. The molecule has 0 spiro atoms. The van der Waals surface area contributed by atoms with Crippen LogP contribution in [-0.4, -0.2) is 70.9 Å². The maximum atomic E-state index is 12.7. The molecule has 5 rings (SSSR count). The van der Waals surface area contributed by atoms with E-state index in [9.17, 15) is 9.59 Å². The second-order valence-corrected chi connectivity index (χ2v) is 8.80. The maximum Gasteiger partial charge on any atom is 0.233 e. The van der Waals surface area contributed by atoms with E-state index < -0.39 is 0 Å². The minimum absolute atomic E-state index is 0.0273. The van der Waals surface area contributed by atoms with Crippen molar-refractivity contribution < 1.29 is 9.59 Å². The third-order valence-corrected chi connectivity index (χ3v) is 7.33. The number of carbonyl (C=O) groups is 2. The molecule has 7 heteroatoms. The van der Waals surface area contributed by atoms with Crippen LogP contribution in [0.3, 0.4) is 0 Å². The molecule has 1 aromatic heterocycles. The fourth-order valence-electron chi connectivity index (χ4n) is 5.92. The van der Waals surface area contributed by atoms with Gasteiger partial charge in [0.2, 0.25) is 17.8 Å². The highest BCUT2D eigenvalue weighted by molar-refractivity contribution is 6.06. The SMILES string of the molecule is O=C1C2C(C(=O)N1CCCCN1CCN(c3ncccn3)CC1)[C@H]1CC[C@H]2C1. The lowest BCUT2D eigenvalue weighted by Crippen LogP contribution is -2.47. The van der Waals surface area contributed by atoms with E-state index in [4.69, 9.17) is 0 Å². The molecule has 0 radical (unpaired) electrons. The Balaban J connectivity index is 1.05. The monoisotopic (exact) mass is 383 g/mol. The highest BCUT2D eigenvalue weighted by Gasteiger charge is 2.60. The first kappa shape index (κ1) is 18.0. The lowest BCUT2D eigenvalue weighted by molar-refractivity contribution is -0.140. The Labute approximate surface area is 166 Å². The summed E-state index contributed by atoms with van der Waals surface area (Å²) >= 11 is 0. The lowest BCUT2D eigenvalue weighted by atomic mass is 9.81. The molecule has 0 N–H and O–H groups in total. The van der Waals surface area contributed by atoms with Crippen LogP contribution in [0.25, 0.3) is 0 Å². The summed E-state index contributed by atoms with van der Waals surface area (Å²) in [6, 6.07) is 1.84. The predicted octanol–water partition coefficient (Wildman–Crippen LogP) is 1.41. The number of aromatic nitrogens is 2. The molecule has 2 amide bonds. The number of likely N-dealkylation sites (tertiary alicyclic amines) is 1. The van der Waals surface area contributed by atoms with Crippen LogP contribution in [0.1, 0.15) is 32.1 Å². The topological polar surface area (TPSA) is 69.6 Å². The molecule has 2 saturated heterocycles. The maximum absolute atomic E-state index is 12.7. The van der Waals surface area contributed by atoms with Crippen LogP contribution in [0.15, 0.2) is 18.5 Å². The molecule has 3 heterocycles. The fourth-order valence-corrected chi connectivity index (χ4v) is 5.92. The summed E-state index contributed by atoms with van der Waals surface area (Å²) in [5, 5.41) is 0. The molecule has 2 bridgehead atoms. The van der Waals surface area contributed by atoms with Crippen molar-refractivity contribution in [1.29, 1.82) is 0 Å². The van der Waals surface area contributed by atoms with Gasteiger partial charge >= 0.3 is 0 Å². The first-order chi connectivity index (χ1) is 13.7. The number of carbonyl (C=O) groups excluding carboxylic acids is 2. The molecule has 2 aliphatic carbocycles. The molecule has 2 aliphatic heterocycles. The summed E-state index contributed by atoms with van der Waals surface area (Å²) in [7, 11) is 0. The Kier molecular flexibility index (Phi) is 4.78. The largest absolute Gasteiger partial charge is 0.338 e. The minimum Gasteiger partial charge on any atom is -0.338 e. The number of imide groups is 1. The van der Waals surface area contributed by atoms with E-state index in [2.05, 4.69) is 19.8 Å². The smallest absolute Gasteiger partial charge is 0.233 e. The van der Waals surface area contributed by atoms with E-state index >= 15 is 0 Å². The first-order valence-corrected chi connectivity index (χ1v) is 10.8. The molecular weight excluding hydrogens is 354 g/mol. The fraction of sp³-hybridized carbons (Fsp3) is 0.714. The van der Waals surface area contributed by atoms with Crippen LogP contribution in [0.4, 0.5) is 5.95 Å². The molecule has 2 saturated carbocycles. The lowest BCUT2D eigenvalue weighted by Gasteiger charge is -2.34. The minimum atomic E-state index is 0.0273. The Bertz CT molecular complexity index is 706. The molecule has 2 unspecified atom stereocenters. The average molecular weight is 383 g/mol. The Morgan fingerprint density at radius 3 is 2.11 bits per heavy atom. The summed E-state index contributed by atoms with van der Waals surface area (Å²) in [6.07, 6.45) is 8.93. The van der Waals surface area contributed by atoms with Crippen molar-refractivity contribution in [2.24, 2.45) is 23.7 Å². The van der Waals surface area contributed by atoms with Gasteiger partial charge < -0.3 is 4.90 Å². The van der Waals surface area contributed by atoms with Crippen LogP contribution in [0, 0.1) is 23.7 Å². The molecule has 1 aromatic rings.